The summed E-state index contributed by atoms with van der Waals surface area (Å²) in [5.74, 6) is 2.32. The molecule has 0 atom stereocenters. The minimum absolute atomic E-state index is 0.648. The fourth-order valence-corrected chi connectivity index (χ4v) is 2.46. The summed E-state index contributed by atoms with van der Waals surface area (Å²) in [5.41, 5.74) is 1.23. The van der Waals surface area contributed by atoms with Crippen molar-refractivity contribution in [2.24, 2.45) is 11.8 Å². The molecule has 1 rings (SSSR count). The zero-order valence-electron chi connectivity index (χ0n) is 13.2. The maximum Gasteiger partial charge on any atom is 0.123 e. The zero-order valence-corrected chi connectivity index (χ0v) is 14.8. The Bertz CT molecular complexity index is 389. The molecule has 0 aromatic heterocycles. The van der Waals surface area contributed by atoms with Crippen molar-refractivity contribution in [1.82, 2.24) is 5.32 Å². The molecule has 20 heavy (non-hydrogen) atoms. The molecule has 2 nitrogen and oxygen atoms in total. The molecule has 0 fully saturated rings. The van der Waals surface area contributed by atoms with Crippen molar-refractivity contribution in [3.05, 3.63) is 28.2 Å². The van der Waals surface area contributed by atoms with Gasteiger partial charge in [-0.15, -0.1) is 0 Å². The molecule has 0 spiro atoms. The van der Waals surface area contributed by atoms with Gasteiger partial charge < -0.3 is 10.1 Å². The van der Waals surface area contributed by atoms with Crippen molar-refractivity contribution >= 4 is 15.9 Å². The van der Waals surface area contributed by atoms with E-state index in [0.29, 0.717) is 11.8 Å². The molecule has 0 aliphatic heterocycles. The number of halogens is 1. The lowest BCUT2D eigenvalue weighted by molar-refractivity contribution is 0.238. The zero-order chi connectivity index (χ0) is 15.0. The Morgan fingerprint density at radius 1 is 1.20 bits per heavy atom. The molecule has 1 N–H and O–H groups in total. The first-order valence-electron chi connectivity index (χ1n) is 7.68. The second kappa shape index (κ2) is 9.41. The van der Waals surface area contributed by atoms with E-state index in [9.17, 15) is 0 Å². The van der Waals surface area contributed by atoms with Gasteiger partial charge in [0.25, 0.3) is 0 Å². The summed E-state index contributed by atoms with van der Waals surface area (Å²) >= 11 is 3.54. The molecule has 0 bridgehead atoms. The Hall–Kier alpha value is -0.540. The van der Waals surface area contributed by atoms with Gasteiger partial charge in [0.1, 0.15) is 5.75 Å². The van der Waals surface area contributed by atoms with Crippen LogP contribution in [0.2, 0.25) is 0 Å². The van der Waals surface area contributed by atoms with Gasteiger partial charge in [-0.2, -0.15) is 0 Å². The monoisotopic (exact) mass is 341 g/mol. The normalized spacial score (nSPS) is 11.3. The van der Waals surface area contributed by atoms with Gasteiger partial charge in [-0.25, -0.2) is 0 Å². The van der Waals surface area contributed by atoms with Gasteiger partial charge in [-0.1, -0.05) is 56.5 Å². The number of hydrogen-bond donors (Lipinski definition) is 1. The average Bonchev–Trinajstić information content (AvgIpc) is 2.41. The lowest BCUT2D eigenvalue weighted by atomic mass is 10.1. The van der Waals surface area contributed by atoms with Crippen LogP contribution in [-0.4, -0.2) is 13.2 Å². The van der Waals surface area contributed by atoms with Crippen LogP contribution in [0.3, 0.4) is 0 Å². The van der Waals surface area contributed by atoms with E-state index in [2.05, 4.69) is 61.1 Å². The first-order valence-corrected chi connectivity index (χ1v) is 8.48. The van der Waals surface area contributed by atoms with Gasteiger partial charge in [0.2, 0.25) is 0 Å². The van der Waals surface area contributed by atoms with E-state index in [1.54, 1.807) is 0 Å². The fraction of sp³-hybridized carbons (Fsp3) is 0.647. The molecule has 114 valence electrons. The van der Waals surface area contributed by atoms with Gasteiger partial charge in [0, 0.05) is 16.6 Å². The fourth-order valence-electron chi connectivity index (χ4n) is 2.05. The molecule has 0 aliphatic carbocycles. The third-order valence-corrected chi connectivity index (χ3v) is 4.01. The van der Waals surface area contributed by atoms with E-state index in [0.717, 1.165) is 29.9 Å². The van der Waals surface area contributed by atoms with Crippen molar-refractivity contribution in [1.29, 1.82) is 0 Å². The molecule has 0 aliphatic rings. The number of nitrogens with one attached hydrogen (secondary N) is 1. The Labute approximate surface area is 132 Å². The molecule has 1 aromatic carbocycles. The van der Waals surface area contributed by atoms with Crippen LogP contribution in [0.1, 0.15) is 46.1 Å². The van der Waals surface area contributed by atoms with Crippen LogP contribution in [-0.2, 0) is 6.54 Å². The van der Waals surface area contributed by atoms with E-state index in [-0.39, 0.29) is 0 Å². The van der Waals surface area contributed by atoms with E-state index < -0.39 is 0 Å². The van der Waals surface area contributed by atoms with E-state index in [1.165, 1.54) is 18.4 Å². The number of rotatable bonds is 9. The highest BCUT2D eigenvalue weighted by atomic mass is 79.9. The summed E-state index contributed by atoms with van der Waals surface area (Å²) in [6.07, 6.45) is 2.35. The molecule has 1 aromatic rings. The number of benzene rings is 1. The van der Waals surface area contributed by atoms with Crippen LogP contribution in [0.15, 0.2) is 22.7 Å². The SMILES string of the molecule is CCC(CC)COc1ccc(Br)cc1CNCC(C)C. The summed E-state index contributed by atoms with van der Waals surface area (Å²) in [5, 5.41) is 3.48. The Kier molecular flexibility index (Phi) is 8.24. The average molecular weight is 342 g/mol. The lowest BCUT2D eigenvalue weighted by Gasteiger charge is -2.17. The Morgan fingerprint density at radius 2 is 1.90 bits per heavy atom. The lowest BCUT2D eigenvalue weighted by Crippen LogP contribution is -2.20. The second-order valence-corrected chi connectivity index (χ2v) is 6.69. The largest absolute Gasteiger partial charge is 0.493 e. The number of ether oxygens (including phenoxy) is 1. The quantitative estimate of drug-likeness (QED) is 0.681. The summed E-state index contributed by atoms with van der Waals surface area (Å²) in [7, 11) is 0. The second-order valence-electron chi connectivity index (χ2n) is 5.77. The molecule has 0 heterocycles. The summed E-state index contributed by atoms with van der Waals surface area (Å²) in [6, 6.07) is 6.27. The van der Waals surface area contributed by atoms with Gasteiger partial charge in [-0.3, -0.25) is 0 Å². The van der Waals surface area contributed by atoms with Crippen molar-refractivity contribution in [3.63, 3.8) is 0 Å². The van der Waals surface area contributed by atoms with Crippen LogP contribution in [0.25, 0.3) is 0 Å². The van der Waals surface area contributed by atoms with Crippen molar-refractivity contribution < 1.29 is 4.74 Å². The van der Waals surface area contributed by atoms with Crippen LogP contribution >= 0.6 is 15.9 Å². The molecule has 0 radical (unpaired) electrons. The summed E-state index contributed by atoms with van der Waals surface area (Å²) in [6.45, 7) is 11.6. The third-order valence-electron chi connectivity index (χ3n) is 3.52. The van der Waals surface area contributed by atoms with E-state index in [4.69, 9.17) is 4.74 Å². The third kappa shape index (κ3) is 6.27. The number of hydrogen-bond acceptors (Lipinski definition) is 2. The molecule has 3 heteroatoms. The predicted molar refractivity (Wildman–Crippen MR) is 90.3 cm³/mol. The Morgan fingerprint density at radius 3 is 2.50 bits per heavy atom. The molecular weight excluding hydrogens is 314 g/mol. The maximum absolute atomic E-state index is 6.03. The minimum Gasteiger partial charge on any atom is -0.493 e. The van der Waals surface area contributed by atoms with Crippen LogP contribution in [0.4, 0.5) is 0 Å². The van der Waals surface area contributed by atoms with Gasteiger partial charge in [0.05, 0.1) is 6.61 Å². The summed E-state index contributed by atoms with van der Waals surface area (Å²) in [4.78, 5) is 0. The molecule has 0 saturated carbocycles. The molecule has 0 amide bonds. The van der Waals surface area contributed by atoms with Gasteiger partial charge in [0.15, 0.2) is 0 Å². The van der Waals surface area contributed by atoms with Crippen molar-refractivity contribution in [3.8, 4) is 5.75 Å². The first kappa shape index (κ1) is 17.5. The predicted octanol–water partition coefficient (Wildman–Crippen LogP) is 5.01. The molecular formula is C17H28BrNO. The van der Waals surface area contributed by atoms with Crippen molar-refractivity contribution in [2.75, 3.05) is 13.2 Å². The van der Waals surface area contributed by atoms with Crippen LogP contribution in [0, 0.1) is 11.8 Å². The van der Waals surface area contributed by atoms with E-state index in [1.807, 2.05) is 6.07 Å². The van der Waals surface area contributed by atoms with Crippen LogP contribution in [0.5, 0.6) is 5.75 Å². The minimum atomic E-state index is 0.648. The Balaban J connectivity index is 2.64. The van der Waals surface area contributed by atoms with Crippen LogP contribution < -0.4 is 10.1 Å². The van der Waals surface area contributed by atoms with Gasteiger partial charge >= 0.3 is 0 Å². The standard InChI is InChI=1S/C17H28BrNO/c1-5-14(6-2)12-20-17-8-7-16(18)9-15(17)11-19-10-13(3)4/h7-9,13-14,19H,5-6,10-12H2,1-4H3. The highest BCUT2D eigenvalue weighted by molar-refractivity contribution is 9.10. The smallest absolute Gasteiger partial charge is 0.123 e. The topological polar surface area (TPSA) is 21.3 Å². The highest BCUT2D eigenvalue weighted by Crippen LogP contribution is 2.24. The molecule has 0 saturated heterocycles. The maximum atomic E-state index is 6.03. The summed E-state index contributed by atoms with van der Waals surface area (Å²) < 4.78 is 7.14. The van der Waals surface area contributed by atoms with Crippen molar-refractivity contribution in [2.45, 2.75) is 47.1 Å². The highest BCUT2D eigenvalue weighted by Gasteiger charge is 2.08. The van der Waals surface area contributed by atoms with E-state index >= 15 is 0 Å². The van der Waals surface area contributed by atoms with Gasteiger partial charge in [-0.05, 0) is 36.6 Å². The first-order chi connectivity index (χ1) is 9.56. The molecule has 0 unspecified atom stereocenters.